The number of carboxylic acid groups (broad SMARTS) is 1. The number of carboxylic acids is 1. The second-order valence-electron chi connectivity index (χ2n) is 8.45. The molecule has 4 atom stereocenters. The number of nitrogens with zero attached hydrogens (tertiary/aromatic N) is 2. The van der Waals surface area contributed by atoms with E-state index >= 15 is 0 Å². The van der Waals surface area contributed by atoms with Crippen LogP contribution in [0.4, 0.5) is 0 Å². The summed E-state index contributed by atoms with van der Waals surface area (Å²) in [5, 5.41) is 23.6. The topological polar surface area (TPSA) is 118 Å². The van der Waals surface area contributed by atoms with Crippen molar-refractivity contribution in [1.82, 2.24) is 9.21 Å². The first-order valence-corrected chi connectivity index (χ1v) is 11.5. The third-order valence-corrected chi connectivity index (χ3v) is 8.68. The number of amides is 1. The number of carbonyl (C=O) groups excluding carboxylic acids is 2. The van der Waals surface area contributed by atoms with Gasteiger partial charge in [-0.3, -0.25) is 4.79 Å². The van der Waals surface area contributed by atoms with E-state index < -0.39 is 45.9 Å². The minimum absolute atomic E-state index is 0. The fraction of sp³-hybridized carbons (Fsp3) is 0.364. The van der Waals surface area contributed by atoms with Gasteiger partial charge >= 0.3 is 29.6 Å². The van der Waals surface area contributed by atoms with E-state index in [1.54, 1.807) is 19.1 Å². The SMILES string of the molecule is C[C@@H](O)[C@H]1C(=O)N2C(C(=O)[O-])=C(CN3Cc4c(ccc5ccccc45)S3(=O)=O)[C@H](C)[C@H]12.[Na+]. The summed E-state index contributed by atoms with van der Waals surface area (Å²) in [6, 6.07) is 10.3. The Balaban J connectivity index is 0.00000245. The van der Waals surface area contributed by atoms with Crippen LogP contribution in [0.25, 0.3) is 10.8 Å². The number of hydrogen-bond acceptors (Lipinski definition) is 6. The van der Waals surface area contributed by atoms with Crippen LogP contribution < -0.4 is 34.7 Å². The summed E-state index contributed by atoms with van der Waals surface area (Å²) in [5.74, 6) is -3.11. The number of carbonyl (C=O) groups is 2. The maximum absolute atomic E-state index is 13.2. The molecule has 3 aliphatic heterocycles. The van der Waals surface area contributed by atoms with E-state index in [4.69, 9.17) is 0 Å². The van der Waals surface area contributed by atoms with Crippen molar-refractivity contribution in [3.8, 4) is 0 Å². The molecule has 0 spiro atoms. The molecule has 3 aliphatic rings. The van der Waals surface area contributed by atoms with E-state index in [1.807, 2.05) is 24.3 Å². The smallest absolute Gasteiger partial charge is 0.543 e. The van der Waals surface area contributed by atoms with Gasteiger partial charge in [0, 0.05) is 19.0 Å². The standard InChI is InChI=1S/C22H22N2O6S.Na/c1-11-15(20(22(27)28)24-19(11)18(12(2)25)21(24)26)9-23-10-16-14-6-4-3-5-13(14)7-8-17(16)31(23,29)30;/h3-8,11-12,18-19,25H,9-10H2,1-2H3,(H,27,28);/q;+1/p-1/t11-,12+,18+,19+;/m0./s1. The first-order chi connectivity index (χ1) is 14.6. The van der Waals surface area contributed by atoms with E-state index in [0.29, 0.717) is 11.1 Å². The second kappa shape index (κ2) is 7.93. The zero-order valence-electron chi connectivity index (χ0n) is 18.0. The molecule has 0 unspecified atom stereocenters. The van der Waals surface area contributed by atoms with Crippen molar-refractivity contribution >= 4 is 32.7 Å². The van der Waals surface area contributed by atoms with Gasteiger partial charge in [-0.05, 0) is 34.9 Å². The zero-order valence-corrected chi connectivity index (χ0v) is 20.8. The van der Waals surface area contributed by atoms with Crippen LogP contribution in [0.15, 0.2) is 52.6 Å². The molecule has 2 aromatic rings. The van der Waals surface area contributed by atoms with E-state index in [9.17, 15) is 28.2 Å². The number of aliphatic hydroxyl groups is 1. The van der Waals surface area contributed by atoms with Gasteiger partial charge in [-0.15, -0.1) is 0 Å². The minimum atomic E-state index is -3.82. The number of fused-ring (bicyclic) bond motifs is 4. The molecule has 0 aliphatic carbocycles. The van der Waals surface area contributed by atoms with Crippen LogP contribution in [-0.2, 0) is 26.2 Å². The summed E-state index contributed by atoms with van der Waals surface area (Å²) < 4.78 is 27.7. The maximum Gasteiger partial charge on any atom is 1.00 e. The van der Waals surface area contributed by atoms with Crippen LogP contribution in [0.3, 0.4) is 0 Å². The van der Waals surface area contributed by atoms with Crippen molar-refractivity contribution in [3.63, 3.8) is 0 Å². The number of sulfonamides is 1. The fourth-order valence-corrected chi connectivity index (χ4v) is 6.91. The van der Waals surface area contributed by atoms with Crippen LogP contribution in [0, 0.1) is 11.8 Å². The molecule has 32 heavy (non-hydrogen) atoms. The summed E-state index contributed by atoms with van der Waals surface area (Å²) in [4.78, 5) is 25.8. The average Bonchev–Trinajstić information content (AvgIpc) is 3.11. The Morgan fingerprint density at radius 2 is 1.94 bits per heavy atom. The molecule has 5 rings (SSSR count). The molecule has 0 bridgehead atoms. The molecule has 0 aromatic heterocycles. The van der Waals surface area contributed by atoms with E-state index in [2.05, 4.69) is 0 Å². The summed E-state index contributed by atoms with van der Waals surface area (Å²) in [6.07, 6.45) is -0.926. The Kier molecular flexibility index (Phi) is 5.80. The van der Waals surface area contributed by atoms with Gasteiger partial charge in [0.1, 0.15) is 0 Å². The van der Waals surface area contributed by atoms with Crippen LogP contribution >= 0.6 is 0 Å². The molecule has 1 saturated heterocycles. The van der Waals surface area contributed by atoms with E-state index in [-0.39, 0.29) is 53.2 Å². The predicted octanol–water partition coefficient (Wildman–Crippen LogP) is -2.79. The van der Waals surface area contributed by atoms with Crippen LogP contribution in [-0.4, -0.2) is 53.3 Å². The normalized spacial score (nSPS) is 27.0. The fourth-order valence-electron chi connectivity index (χ4n) is 5.29. The van der Waals surface area contributed by atoms with Crippen molar-refractivity contribution in [3.05, 3.63) is 53.2 Å². The first kappa shape index (κ1) is 23.4. The van der Waals surface area contributed by atoms with Crippen molar-refractivity contribution in [1.29, 1.82) is 0 Å². The molecule has 0 radical (unpaired) electrons. The number of rotatable bonds is 4. The van der Waals surface area contributed by atoms with Crippen molar-refractivity contribution in [2.45, 2.75) is 37.4 Å². The van der Waals surface area contributed by atoms with Gasteiger partial charge < -0.3 is 19.9 Å². The van der Waals surface area contributed by atoms with E-state index in [0.717, 1.165) is 15.7 Å². The predicted molar refractivity (Wildman–Crippen MR) is 109 cm³/mol. The van der Waals surface area contributed by atoms with Gasteiger partial charge in [-0.1, -0.05) is 37.3 Å². The average molecular weight is 464 g/mol. The molecule has 1 N–H and O–H groups in total. The number of benzene rings is 2. The largest absolute Gasteiger partial charge is 1.00 e. The van der Waals surface area contributed by atoms with Crippen LogP contribution in [0.1, 0.15) is 19.4 Å². The zero-order chi connectivity index (χ0) is 22.2. The van der Waals surface area contributed by atoms with Gasteiger partial charge in [0.05, 0.1) is 34.6 Å². The molecule has 162 valence electrons. The molecular weight excluding hydrogens is 443 g/mol. The van der Waals surface area contributed by atoms with E-state index in [1.165, 1.54) is 11.2 Å². The molecule has 8 nitrogen and oxygen atoms in total. The van der Waals surface area contributed by atoms with Crippen molar-refractivity contribution in [2.75, 3.05) is 6.54 Å². The molecule has 1 fully saturated rings. The first-order valence-electron chi connectivity index (χ1n) is 10.1. The van der Waals surface area contributed by atoms with Gasteiger partial charge in [0.2, 0.25) is 15.9 Å². The summed E-state index contributed by atoms with van der Waals surface area (Å²) in [7, 11) is -3.82. The molecule has 0 saturated carbocycles. The van der Waals surface area contributed by atoms with Gasteiger partial charge in [0.25, 0.3) is 0 Å². The van der Waals surface area contributed by atoms with Crippen LogP contribution in [0.5, 0.6) is 0 Å². The van der Waals surface area contributed by atoms with Gasteiger partial charge in [0.15, 0.2) is 0 Å². The van der Waals surface area contributed by atoms with Gasteiger partial charge in [-0.2, -0.15) is 4.31 Å². The number of aliphatic carboxylic acids is 1. The Morgan fingerprint density at radius 1 is 1.25 bits per heavy atom. The molecule has 3 heterocycles. The summed E-state index contributed by atoms with van der Waals surface area (Å²) in [5.41, 5.74) is 0.748. The monoisotopic (exact) mass is 464 g/mol. The maximum atomic E-state index is 13.2. The molecule has 10 heteroatoms. The number of β-lactam (4-membered cyclic amide) rings is 1. The Morgan fingerprint density at radius 3 is 2.59 bits per heavy atom. The Bertz CT molecular complexity index is 1290. The number of hydrogen-bond donors (Lipinski definition) is 1. The van der Waals surface area contributed by atoms with Crippen molar-refractivity contribution < 1.29 is 57.8 Å². The van der Waals surface area contributed by atoms with Crippen molar-refractivity contribution in [2.24, 2.45) is 11.8 Å². The molecule has 1 amide bonds. The minimum Gasteiger partial charge on any atom is -0.543 e. The Labute approximate surface area is 207 Å². The quantitative estimate of drug-likeness (QED) is 0.386. The molecule has 2 aromatic carbocycles. The third kappa shape index (κ3) is 3.10. The van der Waals surface area contributed by atoms with Crippen LogP contribution in [0.2, 0.25) is 0 Å². The van der Waals surface area contributed by atoms with Gasteiger partial charge in [-0.25, -0.2) is 8.42 Å². The summed E-state index contributed by atoms with van der Waals surface area (Å²) in [6.45, 7) is 3.22. The third-order valence-electron chi connectivity index (χ3n) is 6.81. The second-order valence-corrected chi connectivity index (χ2v) is 10.4. The Hall–Kier alpha value is -1.75. The molecular formula is C22H21N2NaO6S. The number of aliphatic hydroxyl groups excluding tert-OH is 1. The summed E-state index contributed by atoms with van der Waals surface area (Å²) >= 11 is 0.